The van der Waals surface area contributed by atoms with Crippen molar-refractivity contribution in [3.05, 3.63) is 29.8 Å². The molecule has 7 heteroatoms. The Balaban J connectivity index is 2.60. The Morgan fingerprint density at radius 3 is 2.24 bits per heavy atom. The first-order valence-electron chi connectivity index (χ1n) is 6.43. The fourth-order valence-electron chi connectivity index (χ4n) is 1.58. The van der Waals surface area contributed by atoms with Gasteiger partial charge in [0, 0.05) is 19.8 Å². The molecule has 114 valence electrons. The number of amides is 3. The number of likely N-dealkylation sites (N-methyl/N-ethyl adjacent to an activating group) is 1. The minimum Gasteiger partial charge on any atom is -0.370 e. The Hall–Kier alpha value is -2.41. The maximum absolute atomic E-state index is 11.7. The van der Waals surface area contributed by atoms with E-state index in [1.54, 1.807) is 38.4 Å². The number of nitrogens with two attached hydrogens (primary N) is 2. The van der Waals surface area contributed by atoms with Crippen LogP contribution in [-0.4, -0.2) is 42.8 Å². The van der Waals surface area contributed by atoms with E-state index in [1.807, 2.05) is 0 Å². The van der Waals surface area contributed by atoms with E-state index in [1.165, 1.54) is 4.90 Å². The SMILES string of the molecule is CN(C)C(=O)Cc1ccc(NC(=O)C(N)CC(N)=O)cc1. The third-order valence-electron chi connectivity index (χ3n) is 2.83. The maximum Gasteiger partial charge on any atom is 0.241 e. The van der Waals surface area contributed by atoms with Crippen molar-refractivity contribution in [1.82, 2.24) is 4.90 Å². The van der Waals surface area contributed by atoms with E-state index in [2.05, 4.69) is 5.32 Å². The van der Waals surface area contributed by atoms with E-state index in [0.29, 0.717) is 12.1 Å². The zero-order valence-electron chi connectivity index (χ0n) is 12.1. The molecule has 21 heavy (non-hydrogen) atoms. The number of carbonyl (C=O) groups excluding carboxylic acids is 3. The Kier molecular flexibility index (Phi) is 5.86. The largest absolute Gasteiger partial charge is 0.370 e. The summed E-state index contributed by atoms with van der Waals surface area (Å²) in [5, 5.41) is 2.58. The van der Waals surface area contributed by atoms with Gasteiger partial charge in [-0.25, -0.2) is 0 Å². The summed E-state index contributed by atoms with van der Waals surface area (Å²) in [6.07, 6.45) is 0.0870. The third kappa shape index (κ3) is 5.62. The highest BCUT2D eigenvalue weighted by atomic mass is 16.2. The number of rotatable bonds is 6. The lowest BCUT2D eigenvalue weighted by Gasteiger charge is -2.12. The molecule has 0 radical (unpaired) electrons. The van der Waals surface area contributed by atoms with E-state index in [-0.39, 0.29) is 12.3 Å². The molecule has 0 saturated carbocycles. The van der Waals surface area contributed by atoms with Crippen LogP contribution in [0.3, 0.4) is 0 Å². The quantitative estimate of drug-likeness (QED) is 0.652. The van der Waals surface area contributed by atoms with Gasteiger partial charge in [0.25, 0.3) is 0 Å². The molecule has 7 nitrogen and oxygen atoms in total. The standard InChI is InChI=1S/C14H20N4O3/c1-18(2)13(20)7-9-3-5-10(6-4-9)17-14(21)11(15)8-12(16)19/h3-6,11H,7-8,15H2,1-2H3,(H2,16,19)(H,17,21). The predicted octanol–water partition coefficient (Wildman–Crippen LogP) is -0.541. The van der Waals surface area contributed by atoms with Crippen molar-refractivity contribution >= 4 is 23.4 Å². The summed E-state index contributed by atoms with van der Waals surface area (Å²) in [5.74, 6) is -1.11. The van der Waals surface area contributed by atoms with Gasteiger partial charge in [0.15, 0.2) is 0 Å². The van der Waals surface area contributed by atoms with Crippen molar-refractivity contribution in [2.75, 3.05) is 19.4 Å². The Labute approximate surface area is 123 Å². The predicted molar refractivity (Wildman–Crippen MR) is 79.3 cm³/mol. The number of hydrogen-bond donors (Lipinski definition) is 3. The molecule has 0 aliphatic heterocycles. The molecule has 0 heterocycles. The van der Waals surface area contributed by atoms with Crippen LogP contribution in [0.5, 0.6) is 0 Å². The second kappa shape index (κ2) is 7.39. The molecule has 0 aliphatic rings. The summed E-state index contributed by atoms with van der Waals surface area (Å²) < 4.78 is 0. The molecule has 0 aliphatic carbocycles. The van der Waals surface area contributed by atoms with Crippen LogP contribution in [0.2, 0.25) is 0 Å². The van der Waals surface area contributed by atoms with Crippen LogP contribution < -0.4 is 16.8 Å². The first-order valence-corrected chi connectivity index (χ1v) is 6.43. The molecule has 0 saturated heterocycles. The molecule has 0 aromatic heterocycles. The van der Waals surface area contributed by atoms with Crippen LogP contribution in [0.15, 0.2) is 24.3 Å². The van der Waals surface area contributed by atoms with Gasteiger partial charge in [-0.2, -0.15) is 0 Å². The van der Waals surface area contributed by atoms with Gasteiger partial charge in [-0.1, -0.05) is 12.1 Å². The fraction of sp³-hybridized carbons (Fsp3) is 0.357. The van der Waals surface area contributed by atoms with Crippen LogP contribution in [0, 0.1) is 0 Å². The summed E-state index contributed by atoms with van der Waals surface area (Å²) in [4.78, 5) is 35.5. The maximum atomic E-state index is 11.7. The number of nitrogens with zero attached hydrogens (tertiary/aromatic N) is 1. The lowest BCUT2D eigenvalue weighted by molar-refractivity contribution is -0.128. The normalized spacial score (nSPS) is 11.6. The number of primary amides is 1. The summed E-state index contributed by atoms with van der Waals surface area (Å²) in [6.45, 7) is 0. The van der Waals surface area contributed by atoms with Crippen molar-refractivity contribution in [2.45, 2.75) is 18.9 Å². The average molecular weight is 292 g/mol. The van der Waals surface area contributed by atoms with Gasteiger partial charge < -0.3 is 21.7 Å². The number of anilines is 1. The van der Waals surface area contributed by atoms with Gasteiger partial charge >= 0.3 is 0 Å². The number of nitrogens with one attached hydrogen (secondary N) is 1. The fourth-order valence-corrected chi connectivity index (χ4v) is 1.58. The zero-order chi connectivity index (χ0) is 16.0. The summed E-state index contributed by atoms with van der Waals surface area (Å²) >= 11 is 0. The molecule has 1 atom stereocenters. The van der Waals surface area contributed by atoms with Gasteiger partial charge in [-0.15, -0.1) is 0 Å². The summed E-state index contributed by atoms with van der Waals surface area (Å²) in [5.41, 5.74) is 11.9. The van der Waals surface area contributed by atoms with Crippen LogP contribution in [0.25, 0.3) is 0 Å². The number of carbonyl (C=O) groups is 3. The lowest BCUT2D eigenvalue weighted by atomic mass is 10.1. The molecule has 0 bridgehead atoms. The van der Waals surface area contributed by atoms with Crippen LogP contribution >= 0.6 is 0 Å². The molecule has 1 unspecified atom stereocenters. The lowest BCUT2D eigenvalue weighted by Crippen LogP contribution is -2.38. The molecule has 0 spiro atoms. The molecule has 1 rings (SSSR count). The van der Waals surface area contributed by atoms with Crippen molar-refractivity contribution in [3.63, 3.8) is 0 Å². The van der Waals surface area contributed by atoms with Crippen molar-refractivity contribution < 1.29 is 14.4 Å². The molecule has 0 fully saturated rings. The number of hydrogen-bond acceptors (Lipinski definition) is 4. The molecule has 1 aromatic rings. The van der Waals surface area contributed by atoms with Crippen molar-refractivity contribution in [1.29, 1.82) is 0 Å². The monoisotopic (exact) mass is 292 g/mol. The highest BCUT2D eigenvalue weighted by molar-refractivity contribution is 5.97. The van der Waals surface area contributed by atoms with E-state index in [0.717, 1.165) is 5.56 Å². The van der Waals surface area contributed by atoms with Gasteiger partial charge in [0.2, 0.25) is 17.7 Å². The van der Waals surface area contributed by atoms with E-state index < -0.39 is 17.9 Å². The Bertz CT molecular complexity index is 526. The van der Waals surface area contributed by atoms with Crippen LogP contribution in [-0.2, 0) is 20.8 Å². The van der Waals surface area contributed by atoms with Gasteiger partial charge in [-0.05, 0) is 17.7 Å². The third-order valence-corrected chi connectivity index (χ3v) is 2.83. The second-order valence-electron chi connectivity index (χ2n) is 4.93. The molecule has 5 N–H and O–H groups in total. The minimum absolute atomic E-state index is 0.00438. The molecule has 1 aromatic carbocycles. The Morgan fingerprint density at radius 2 is 1.76 bits per heavy atom. The van der Waals surface area contributed by atoms with Crippen molar-refractivity contribution in [2.24, 2.45) is 11.5 Å². The minimum atomic E-state index is -0.975. The first kappa shape index (κ1) is 16.6. The van der Waals surface area contributed by atoms with Gasteiger partial charge in [-0.3, -0.25) is 14.4 Å². The molecule has 3 amide bonds. The second-order valence-corrected chi connectivity index (χ2v) is 4.93. The highest BCUT2D eigenvalue weighted by Crippen LogP contribution is 2.11. The Morgan fingerprint density at radius 1 is 1.19 bits per heavy atom. The topological polar surface area (TPSA) is 119 Å². The average Bonchev–Trinajstić information content (AvgIpc) is 2.39. The summed E-state index contributed by atoms with van der Waals surface area (Å²) in [7, 11) is 3.38. The van der Waals surface area contributed by atoms with Crippen LogP contribution in [0.4, 0.5) is 5.69 Å². The first-order chi connectivity index (χ1) is 9.79. The molecular formula is C14H20N4O3. The van der Waals surface area contributed by atoms with Crippen molar-refractivity contribution in [3.8, 4) is 0 Å². The van der Waals surface area contributed by atoms with E-state index >= 15 is 0 Å². The number of benzene rings is 1. The molecular weight excluding hydrogens is 272 g/mol. The van der Waals surface area contributed by atoms with E-state index in [4.69, 9.17) is 11.5 Å². The highest BCUT2D eigenvalue weighted by Gasteiger charge is 2.16. The zero-order valence-corrected chi connectivity index (χ0v) is 12.1. The van der Waals surface area contributed by atoms with Gasteiger partial charge in [0.1, 0.15) is 0 Å². The van der Waals surface area contributed by atoms with Gasteiger partial charge in [0.05, 0.1) is 18.9 Å². The van der Waals surface area contributed by atoms with Crippen LogP contribution in [0.1, 0.15) is 12.0 Å². The smallest absolute Gasteiger partial charge is 0.241 e. The summed E-state index contributed by atoms with van der Waals surface area (Å²) in [6, 6.07) is 5.87. The van der Waals surface area contributed by atoms with E-state index in [9.17, 15) is 14.4 Å².